The largest absolute Gasteiger partial charge is 0.471 e. The molecule has 1 N–H and O–H groups in total. The second-order valence-corrected chi connectivity index (χ2v) is 4.35. The van der Waals surface area contributed by atoms with Crippen LogP contribution in [0.2, 0.25) is 0 Å². The van der Waals surface area contributed by atoms with Gasteiger partial charge in [-0.15, -0.1) is 0 Å². The van der Waals surface area contributed by atoms with Gasteiger partial charge in [0, 0.05) is 25.2 Å². The monoisotopic (exact) mass is 302 g/mol. The lowest BCUT2D eigenvalue weighted by Gasteiger charge is -2.18. The first kappa shape index (κ1) is 17.0. The smallest absolute Gasteiger partial charge is 0.344 e. The predicted octanol–water partition coefficient (Wildman–Crippen LogP) is 2.35. The molecule has 0 aliphatic carbocycles. The first-order valence-corrected chi connectivity index (χ1v) is 6.52. The minimum atomic E-state index is -4.89. The SMILES string of the molecule is CCN(CC)C(=O)c1ccc(CNC(=O)C(F)(F)F)cc1. The average Bonchev–Trinajstić information content (AvgIpc) is 2.45. The molecule has 1 aromatic rings. The number of nitrogens with zero attached hydrogens (tertiary/aromatic N) is 1. The number of amides is 2. The number of halogens is 3. The van der Waals surface area contributed by atoms with Crippen LogP contribution in [0.1, 0.15) is 29.8 Å². The van der Waals surface area contributed by atoms with Gasteiger partial charge >= 0.3 is 12.1 Å². The normalized spacial score (nSPS) is 11.1. The molecule has 21 heavy (non-hydrogen) atoms. The Labute approximate surface area is 120 Å². The lowest BCUT2D eigenvalue weighted by Crippen LogP contribution is -2.36. The summed E-state index contributed by atoms with van der Waals surface area (Å²) in [6.07, 6.45) is -4.89. The van der Waals surface area contributed by atoms with E-state index < -0.39 is 12.1 Å². The second kappa shape index (κ2) is 7.10. The number of hydrogen-bond acceptors (Lipinski definition) is 2. The van der Waals surface area contributed by atoms with E-state index in [4.69, 9.17) is 0 Å². The van der Waals surface area contributed by atoms with Crippen LogP contribution >= 0.6 is 0 Å². The molecule has 2 amide bonds. The van der Waals surface area contributed by atoms with E-state index >= 15 is 0 Å². The molecule has 116 valence electrons. The summed E-state index contributed by atoms with van der Waals surface area (Å²) in [5.74, 6) is -2.11. The number of carbonyl (C=O) groups is 2. The van der Waals surface area contributed by atoms with Crippen LogP contribution in [-0.4, -0.2) is 36.0 Å². The molecule has 0 heterocycles. The van der Waals surface area contributed by atoms with Crippen molar-refractivity contribution in [1.82, 2.24) is 10.2 Å². The molecule has 0 saturated heterocycles. The van der Waals surface area contributed by atoms with Gasteiger partial charge in [-0.05, 0) is 31.5 Å². The van der Waals surface area contributed by atoms with Gasteiger partial charge < -0.3 is 10.2 Å². The van der Waals surface area contributed by atoms with E-state index in [1.54, 1.807) is 10.2 Å². The summed E-state index contributed by atoms with van der Waals surface area (Å²) >= 11 is 0. The number of benzene rings is 1. The summed E-state index contributed by atoms with van der Waals surface area (Å²) in [5.41, 5.74) is 0.952. The summed E-state index contributed by atoms with van der Waals surface area (Å²) in [6, 6.07) is 6.12. The third kappa shape index (κ3) is 4.77. The highest BCUT2D eigenvalue weighted by atomic mass is 19.4. The van der Waals surface area contributed by atoms with Gasteiger partial charge in [-0.25, -0.2) is 0 Å². The quantitative estimate of drug-likeness (QED) is 0.907. The maximum atomic E-state index is 12.0. The summed E-state index contributed by atoms with van der Waals surface area (Å²) in [6.45, 7) is 4.65. The minimum absolute atomic E-state index is 0.133. The highest BCUT2D eigenvalue weighted by Gasteiger charge is 2.38. The average molecular weight is 302 g/mol. The molecule has 1 aromatic carbocycles. The fourth-order valence-electron chi connectivity index (χ4n) is 1.74. The molecule has 0 saturated carbocycles. The molecule has 0 aliphatic heterocycles. The van der Waals surface area contributed by atoms with Crippen molar-refractivity contribution in [2.24, 2.45) is 0 Å². The van der Waals surface area contributed by atoms with Gasteiger partial charge in [0.2, 0.25) is 0 Å². The van der Waals surface area contributed by atoms with Crippen LogP contribution < -0.4 is 5.32 Å². The van der Waals surface area contributed by atoms with E-state index in [2.05, 4.69) is 0 Å². The van der Waals surface area contributed by atoms with Gasteiger partial charge in [0.1, 0.15) is 0 Å². The van der Waals surface area contributed by atoms with E-state index in [9.17, 15) is 22.8 Å². The van der Waals surface area contributed by atoms with Crippen LogP contribution in [0, 0.1) is 0 Å². The van der Waals surface area contributed by atoms with Gasteiger partial charge in [-0.1, -0.05) is 12.1 Å². The molecule has 0 unspecified atom stereocenters. The molecule has 0 aromatic heterocycles. The third-order valence-corrected chi connectivity index (χ3v) is 2.96. The minimum Gasteiger partial charge on any atom is -0.344 e. The zero-order valence-electron chi connectivity index (χ0n) is 11.8. The number of hydrogen-bond donors (Lipinski definition) is 1. The standard InChI is InChI=1S/C14H17F3N2O2/c1-3-19(4-2)12(20)11-7-5-10(6-8-11)9-18-13(21)14(15,16)17/h5-8H,3-4,9H2,1-2H3,(H,18,21). The van der Waals surface area contributed by atoms with Crippen molar-refractivity contribution in [3.05, 3.63) is 35.4 Å². The topological polar surface area (TPSA) is 49.4 Å². The summed E-state index contributed by atoms with van der Waals surface area (Å²) in [7, 11) is 0. The van der Waals surface area contributed by atoms with Gasteiger partial charge in [0.15, 0.2) is 0 Å². The van der Waals surface area contributed by atoms with Crippen molar-refractivity contribution in [2.75, 3.05) is 13.1 Å². The summed E-state index contributed by atoms with van der Waals surface area (Å²) in [5, 5.41) is 1.77. The molecule has 0 atom stereocenters. The maximum absolute atomic E-state index is 12.0. The Balaban J connectivity index is 2.66. The van der Waals surface area contributed by atoms with Crippen molar-refractivity contribution >= 4 is 11.8 Å². The zero-order chi connectivity index (χ0) is 16.0. The molecule has 1 rings (SSSR count). The molecule has 0 bridgehead atoms. The third-order valence-electron chi connectivity index (χ3n) is 2.96. The molecule has 7 heteroatoms. The van der Waals surface area contributed by atoms with E-state index in [1.165, 1.54) is 24.3 Å². The van der Waals surface area contributed by atoms with E-state index in [1.807, 2.05) is 13.8 Å². The van der Waals surface area contributed by atoms with Crippen LogP contribution in [0.4, 0.5) is 13.2 Å². The van der Waals surface area contributed by atoms with Crippen molar-refractivity contribution in [1.29, 1.82) is 0 Å². The second-order valence-electron chi connectivity index (χ2n) is 4.35. The maximum Gasteiger partial charge on any atom is 0.471 e. The summed E-state index contributed by atoms with van der Waals surface area (Å²) < 4.78 is 36.1. The molecular formula is C14H17F3N2O2. The predicted molar refractivity (Wildman–Crippen MR) is 71.6 cm³/mol. The van der Waals surface area contributed by atoms with E-state index in [0.29, 0.717) is 24.2 Å². The van der Waals surface area contributed by atoms with Gasteiger partial charge in [-0.3, -0.25) is 9.59 Å². The Morgan fingerprint density at radius 2 is 1.62 bits per heavy atom. The highest BCUT2D eigenvalue weighted by molar-refractivity contribution is 5.94. The Kier molecular flexibility index (Phi) is 5.75. The molecule has 0 spiro atoms. The first-order valence-electron chi connectivity index (χ1n) is 6.52. The summed E-state index contributed by atoms with van der Waals surface area (Å²) in [4.78, 5) is 24.3. The van der Waals surface area contributed by atoms with Crippen LogP contribution in [-0.2, 0) is 11.3 Å². The lowest BCUT2D eigenvalue weighted by atomic mass is 10.1. The lowest BCUT2D eigenvalue weighted by molar-refractivity contribution is -0.173. The molecule has 0 aliphatic rings. The fraction of sp³-hybridized carbons (Fsp3) is 0.429. The van der Waals surface area contributed by atoms with Gasteiger partial charge in [0.25, 0.3) is 5.91 Å². The molecule has 0 fully saturated rings. The van der Waals surface area contributed by atoms with E-state index in [0.717, 1.165) is 0 Å². The van der Waals surface area contributed by atoms with Gasteiger partial charge in [-0.2, -0.15) is 13.2 Å². The Morgan fingerprint density at radius 3 is 2.05 bits per heavy atom. The number of carbonyl (C=O) groups excluding carboxylic acids is 2. The fourth-order valence-corrected chi connectivity index (χ4v) is 1.74. The zero-order valence-corrected chi connectivity index (χ0v) is 11.8. The van der Waals surface area contributed by atoms with Gasteiger partial charge in [0.05, 0.1) is 0 Å². The van der Waals surface area contributed by atoms with Crippen molar-refractivity contribution in [2.45, 2.75) is 26.6 Å². The Hall–Kier alpha value is -2.05. The number of rotatable bonds is 5. The Bertz CT molecular complexity index is 494. The Morgan fingerprint density at radius 1 is 1.10 bits per heavy atom. The van der Waals surface area contributed by atoms with Crippen LogP contribution in [0.15, 0.2) is 24.3 Å². The van der Waals surface area contributed by atoms with Crippen LogP contribution in [0.3, 0.4) is 0 Å². The van der Waals surface area contributed by atoms with Crippen molar-refractivity contribution in [3.63, 3.8) is 0 Å². The van der Waals surface area contributed by atoms with Crippen LogP contribution in [0.5, 0.6) is 0 Å². The number of alkyl halides is 3. The first-order chi connectivity index (χ1) is 9.79. The van der Waals surface area contributed by atoms with Crippen LogP contribution in [0.25, 0.3) is 0 Å². The van der Waals surface area contributed by atoms with Crippen molar-refractivity contribution < 1.29 is 22.8 Å². The van der Waals surface area contributed by atoms with Crippen molar-refractivity contribution in [3.8, 4) is 0 Å². The molecular weight excluding hydrogens is 285 g/mol. The molecule has 4 nitrogen and oxygen atoms in total. The highest BCUT2D eigenvalue weighted by Crippen LogP contribution is 2.14. The number of nitrogens with one attached hydrogen (secondary N) is 1. The molecule has 0 radical (unpaired) electrons. The van der Waals surface area contributed by atoms with E-state index in [-0.39, 0.29) is 12.5 Å².